The molecule has 130 valence electrons. The van der Waals surface area contributed by atoms with Gasteiger partial charge in [-0.1, -0.05) is 36.4 Å². The largest absolute Gasteiger partial charge is 0.336 e. The van der Waals surface area contributed by atoms with Gasteiger partial charge in [-0.05, 0) is 43.0 Å². The van der Waals surface area contributed by atoms with Crippen molar-refractivity contribution in [3.63, 3.8) is 0 Å². The number of carbonyl (C=O) groups excluding carboxylic acids is 2. The van der Waals surface area contributed by atoms with Crippen molar-refractivity contribution in [2.75, 3.05) is 17.2 Å². The van der Waals surface area contributed by atoms with Crippen molar-refractivity contribution >= 4 is 23.4 Å². The maximum absolute atomic E-state index is 12.1. The summed E-state index contributed by atoms with van der Waals surface area (Å²) >= 11 is 0. The molecule has 4 amide bonds. The number of nitrogens with one attached hydrogen (secondary N) is 4. The van der Waals surface area contributed by atoms with Gasteiger partial charge >= 0.3 is 12.1 Å². The molecule has 1 atom stereocenters. The summed E-state index contributed by atoms with van der Waals surface area (Å²) in [6.07, 6.45) is 2.14. The highest BCUT2D eigenvalue weighted by atomic mass is 16.2. The minimum Gasteiger partial charge on any atom is -0.336 e. The van der Waals surface area contributed by atoms with Gasteiger partial charge in [-0.2, -0.15) is 0 Å². The van der Waals surface area contributed by atoms with Crippen LogP contribution < -0.4 is 21.3 Å². The van der Waals surface area contributed by atoms with Crippen molar-refractivity contribution in [2.24, 2.45) is 5.92 Å². The first-order valence-corrected chi connectivity index (χ1v) is 8.43. The number of amides is 4. The summed E-state index contributed by atoms with van der Waals surface area (Å²) in [6.45, 7) is 0.394. The first-order chi connectivity index (χ1) is 12.2. The van der Waals surface area contributed by atoms with Gasteiger partial charge in [0.05, 0.1) is 6.04 Å². The molecule has 0 spiro atoms. The predicted octanol–water partition coefficient (Wildman–Crippen LogP) is 3.41. The molecular formula is C19H22N4O2. The summed E-state index contributed by atoms with van der Waals surface area (Å²) in [5.74, 6) is 0.415. The van der Waals surface area contributed by atoms with E-state index in [1.54, 1.807) is 0 Å². The monoisotopic (exact) mass is 338 g/mol. The number of hydrogen-bond donors (Lipinski definition) is 4. The van der Waals surface area contributed by atoms with Crippen LogP contribution in [0.2, 0.25) is 0 Å². The Morgan fingerprint density at radius 2 is 1.36 bits per heavy atom. The summed E-state index contributed by atoms with van der Waals surface area (Å²) < 4.78 is 0. The number of rotatable bonds is 6. The van der Waals surface area contributed by atoms with Crippen LogP contribution in [0.25, 0.3) is 0 Å². The molecule has 0 heterocycles. The van der Waals surface area contributed by atoms with Gasteiger partial charge in [0, 0.05) is 17.9 Å². The second-order valence-electron chi connectivity index (χ2n) is 6.11. The van der Waals surface area contributed by atoms with E-state index in [2.05, 4.69) is 21.3 Å². The lowest BCUT2D eigenvalue weighted by Crippen LogP contribution is -2.47. The maximum Gasteiger partial charge on any atom is 0.319 e. The topological polar surface area (TPSA) is 82.3 Å². The van der Waals surface area contributed by atoms with Crippen molar-refractivity contribution in [1.82, 2.24) is 10.6 Å². The molecule has 6 heteroatoms. The average Bonchev–Trinajstić information content (AvgIpc) is 3.45. The van der Waals surface area contributed by atoms with E-state index < -0.39 is 0 Å². The molecule has 0 aliphatic heterocycles. The van der Waals surface area contributed by atoms with Gasteiger partial charge in [0.15, 0.2) is 0 Å². The summed E-state index contributed by atoms with van der Waals surface area (Å²) in [4.78, 5) is 24.1. The molecule has 25 heavy (non-hydrogen) atoms. The number of carbonyl (C=O) groups is 2. The number of urea groups is 2. The molecule has 6 nitrogen and oxygen atoms in total. The highest BCUT2D eigenvalue weighted by Gasteiger charge is 2.32. The van der Waals surface area contributed by atoms with Crippen molar-refractivity contribution in [1.29, 1.82) is 0 Å². The Bertz CT molecular complexity index is 702. The SMILES string of the molecule is O=C(NCC(NC(=O)Nc1ccccc1)C1CC1)Nc1ccccc1. The highest BCUT2D eigenvalue weighted by molar-refractivity contribution is 5.90. The maximum atomic E-state index is 12.1. The smallest absolute Gasteiger partial charge is 0.319 e. The normalized spacial score (nSPS) is 14.2. The van der Waals surface area contributed by atoms with Crippen molar-refractivity contribution in [3.05, 3.63) is 60.7 Å². The third-order valence-electron chi connectivity index (χ3n) is 4.05. The van der Waals surface area contributed by atoms with E-state index in [9.17, 15) is 9.59 Å². The lowest BCUT2D eigenvalue weighted by atomic mass is 10.2. The van der Waals surface area contributed by atoms with Crippen molar-refractivity contribution in [2.45, 2.75) is 18.9 Å². The van der Waals surface area contributed by atoms with Crippen LogP contribution in [-0.4, -0.2) is 24.6 Å². The Kier molecular flexibility index (Phi) is 5.51. The molecular weight excluding hydrogens is 316 g/mol. The Morgan fingerprint density at radius 1 is 0.840 bits per heavy atom. The standard InChI is InChI=1S/C19H22N4O2/c24-18(21-15-7-3-1-4-8-15)20-13-17(14-11-12-14)23-19(25)22-16-9-5-2-6-10-16/h1-10,14,17H,11-13H2,(H2,20,21,24)(H2,22,23,25). The molecule has 1 unspecified atom stereocenters. The van der Waals surface area contributed by atoms with Crippen LogP contribution in [-0.2, 0) is 0 Å². The minimum absolute atomic E-state index is 0.0785. The molecule has 2 aromatic rings. The molecule has 3 rings (SSSR count). The second-order valence-corrected chi connectivity index (χ2v) is 6.11. The molecule has 1 saturated carbocycles. The van der Waals surface area contributed by atoms with Crippen molar-refractivity contribution < 1.29 is 9.59 Å². The van der Waals surface area contributed by atoms with E-state index in [1.165, 1.54) is 0 Å². The van der Waals surface area contributed by atoms with Gasteiger partial charge in [0.1, 0.15) is 0 Å². The molecule has 0 bridgehead atoms. The Labute approximate surface area is 147 Å². The number of benzene rings is 2. The molecule has 4 N–H and O–H groups in total. The van der Waals surface area contributed by atoms with Gasteiger partial charge < -0.3 is 21.3 Å². The van der Waals surface area contributed by atoms with E-state index in [0.29, 0.717) is 12.5 Å². The third kappa shape index (κ3) is 5.53. The van der Waals surface area contributed by atoms with Crippen LogP contribution in [0.15, 0.2) is 60.7 Å². The van der Waals surface area contributed by atoms with Gasteiger partial charge in [0.25, 0.3) is 0 Å². The predicted molar refractivity (Wildman–Crippen MR) is 98.6 cm³/mol. The fourth-order valence-electron chi connectivity index (χ4n) is 2.59. The molecule has 1 aliphatic carbocycles. The van der Waals surface area contributed by atoms with Gasteiger partial charge in [0.2, 0.25) is 0 Å². The van der Waals surface area contributed by atoms with Gasteiger partial charge in [-0.3, -0.25) is 0 Å². The van der Waals surface area contributed by atoms with Crippen LogP contribution in [0.3, 0.4) is 0 Å². The summed E-state index contributed by atoms with van der Waals surface area (Å²) in [5, 5.41) is 11.4. The molecule has 2 aromatic carbocycles. The molecule has 1 aliphatic rings. The first kappa shape index (κ1) is 16.8. The van der Waals surface area contributed by atoms with Crippen LogP contribution >= 0.6 is 0 Å². The molecule has 0 radical (unpaired) electrons. The quantitative estimate of drug-likeness (QED) is 0.651. The lowest BCUT2D eigenvalue weighted by molar-refractivity contribution is 0.242. The summed E-state index contributed by atoms with van der Waals surface area (Å²) in [7, 11) is 0. The van der Waals surface area contributed by atoms with Gasteiger partial charge in [-0.25, -0.2) is 9.59 Å². The van der Waals surface area contributed by atoms with Crippen LogP contribution in [0.1, 0.15) is 12.8 Å². The van der Waals surface area contributed by atoms with Crippen LogP contribution in [0, 0.1) is 5.92 Å². The number of anilines is 2. The first-order valence-electron chi connectivity index (χ1n) is 8.43. The molecule has 1 fully saturated rings. The minimum atomic E-state index is -0.276. The highest BCUT2D eigenvalue weighted by Crippen LogP contribution is 2.32. The fourth-order valence-corrected chi connectivity index (χ4v) is 2.59. The zero-order chi connectivity index (χ0) is 17.5. The van der Waals surface area contributed by atoms with Crippen LogP contribution in [0.5, 0.6) is 0 Å². The zero-order valence-corrected chi connectivity index (χ0v) is 13.9. The summed E-state index contributed by atoms with van der Waals surface area (Å²) in [6, 6.07) is 17.9. The summed E-state index contributed by atoms with van der Waals surface area (Å²) in [5.41, 5.74) is 1.47. The van der Waals surface area contributed by atoms with Crippen LogP contribution in [0.4, 0.5) is 21.0 Å². The zero-order valence-electron chi connectivity index (χ0n) is 13.9. The third-order valence-corrected chi connectivity index (χ3v) is 4.05. The molecule has 0 aromatic heterocycles. The Balaban J connectivity index is 1.46. The second kappa shape index (κ2) is 8.19. The van der Waals surface area contributed by atoms with E-state index in [0.717, 1.165) is 24.2 Å². The fraction of sp³-hybridized carbons (Fsp3) is 0.263. The Morgan fingerprint density at radius 3 is 1.88 bits per heavy atom. The molecule has 0 saturated heterocycles. The van der Waals surface area contributed by atoms with Gasteiger partial charge in [-0.15, -0.1) is 0 Å². The van der Waals surface area contributed by atoms with E-state index in [-0.39, 0.29) is 18.1 Å². The van der Waals surface area contributed by atoms with E-state index >= 15 is 0 Å². The van der Waals surface area contributed by atoms with E-state index in [4.69, 9.17) is 0 Å². The lowest BCUT2D eigenvalue weighted by Gasteiger charge is -2.19. The number of hydrogen-bond acceptors (Lipinski definition) is 2. The Hall–Kier alpha value is -3.02. The van der Waals surface area contributed by atoms with Crippen molar-refractivity contribution in [3.8, 4) is 0 Å². The number of para-hydroxylation sites is 2. The average molecular weight is 338 g/mol. The van der Waals surface area contributed by atoms with E-state index in [1.807, 2.05) is 60.7 Å².